The molecule has 0 aliphatic rings. The van der Waals surface area contributed by atoms with E-state index in [4.69, 9.17) is 5.73 Å². The predicted octanol–water partition coefficient (Wildman–Crippen LogP) is 1.80. The number of nitrogens with two attached hydrogens (primary N) is 1. The number of halogens is 3. The summed E-state index contributed by atoms with van der Waals surface area (Å²) in [6, 6.07) is 0.984. The second-order valence-electron chi connectivity index (χ2n) is 3.18. The summed E-state index contributed by atoms with van der Waals surface area (Å²) in [5, 5.41) is 3.38. The van der Waals surface area contributed by atoms with Crippen molar-refractivity contribution >= 4 is 5.57 Å². The number of rotatable bonds is 3. The minimum absolute atomic E-state index is 0.353. The molecule has 0 aliphatic carbocycles. The molecule has 0 aliphatic heterocycles. The van der Waals surface area contributed by atoms with Crippen LogP contribution >= 0.6 is 0 Å². The van der Waals surface area contributed by atoms with E-state index in [0.717, 1.165) is 6.07 Å². The maximum absolute atomic E-state index is 12.3. The Labute approximate surface area is 85.4 Å². The van der Waals surface area contributed by atoms with Crippen molar-refractivity contribution in [1.29, 1.82) is 0 Å². The Morgan fingerprint density at radius 2 is 2.20 bits per heavy atom. The Morgan fingerprint density at radius 1 is 1.60 bits per heavy atom. The van der Waals surface area contributed by atoms with E-state index in [2.05, 4.69) is 11.7 Å². The van der Waals surface area contributed by atoms with E-state index in [-0.39, 0.29) is 0 Å². The zero-order valence-electron chi connectivity index (χ0n) is 8.30. The van der Waals surface area contributed by atoms with Crippen molar-refractivity contribution in [3.8, 4) is 0 Å². The number of alkyl halides is 3. The van der Waals surface area contributed by atoms with E-state index < -0.39 is 11.9 Å². The molecule has 0 radical (unpaired) electrons. The second-order valence-corrected chi connectivity index (χ2v) is 3.18. The molecule has 0 aromatic carbocycles. The number of aromatic nitrogens is 2. The molecule has 3 nitrogen and oxygen atoms in total. The van der Waals surface area contributed by atoms with Gasteiger partial charge in [0.1, 0.15) is 0 Å². The monoisotopic (exact) mass is 219 g/mol. The standard InChI is InChI=1S/C9H12F3N3/c1-6(3-4-13)7-5-8(9(10,11)12)14-15(7)2/h5H,1,3-4,13H2,2H3. The Balaban J connectivity index is 3.02. The highest BCUT2D eigenvalue weighted by molar-refractivity contribution is 5.60. The van der Waals surface area contributed by atoms with E-state index in [9.17, 15) is 13.2 Å². The molecule has 0 amide bonds. The van der Waals surface area contributed by atoms with Crippen LogP contribution in [0.25, 0.3) is 5.57 Å². The first-order valence-electron chi connectivity index (χ1n) is 4.35. The van der Waals surface area contributed by atoms with Gasteiger partial charge in [0.15, 0.2) is 5.69 Å². The summed E-state index contributed by atoms with van der Waals surface area (Å²) in [6.07, 6.45) is -3.96. The molecule has 1 rings (SSSR count). The van der Waals surface area contributed by atoms with Crippen molar-refractivity contribution in [2.24, 2.45) is 12.8 Å². The molecule has 84 valence electrons. The van der Waals surface area contributed by atoms with Gasteiger partial charge in [-0.3, -0.25) is 4.68 Å². The van der Waals surface area contributed by atoms with Gasteiger partial charge < -0.3 is 5.73 Å². The van der Waals surface area contributed by atoms with Gasteiger partial charge >= 0.3 is 6.18 Å². The summed E-state index contributed by atoms with van der Waals surface area (Å²) in [5.41, 5.74) is 5.32. The van der Waals surface area contributed by atoms with Gasteiger partial charge in [-0.25, -0.2) is 0 Å². The molecule has 0 saturated heterocycles. The fourth-order valence-electron chi connectivity index (χ4n) is 1.24. The van der Waals surface area contributed by atoms with Crippen molar-refractivity contribution in [1.82, 2.24) is 9.78 Å². The number of aryl methyl sites for hydroxylation is 1. The van der Waals surface area contributed by atoms with Crippen LogP contribution in [0.4, 0.5) is 13.2 Å². The van der Waals surface area contributed by atoms with Gasteiger partial charge in [0, 0.05) is 7.05 Å². The third kappa shape index (κ3) is 2.59. The van der Waals surface area contributed by atoms with E-state index in [1.165, 1.54) is 11.7 Å². The summed E-state index contributed by atoms with van der Waals surface area (Å²) in [5.74, 6) is 0. The quantitative estimate of drug-likeness (QED) is 0.842. The van der Waals surface area contributed by atoms with Crippen LogP contribution in [0.15, 0.2) is 12.6 Å². The van der Waals surface area contributed by atoms with E-state index >= 15 is 0 Å². The Bertz CT molecular complexity index is 365. The topological polar surface area (TPSA) is 43.8 Å². The normalized spacial score (nSPS) is 11.8. The zero-order valence-corrected chi connectivity index (χ0v) is 8.30. The van der Waals surface area contributed by atoms with Gasteiger partial charge in [0.2, 0.25) is 0 Å². The summed E-state index contributed by atoms with van der Waals surface area (Å²) >= 11 is 0. The van der Waals surface area contributed by atoms with E-state index in [1.54, 1.807) is 0 Å². The molecule has 0 bridgehead atoms. The van der Waals surface area contributed by atoms with Crippen LogP contribution in [-0.4, -0.2) is 16.3 Å². The number of hydrogen-bond donors (Lipinski definition) is 1. The van der Waals surface area contributed by atoms with Crippen molar-refractivity contribution < 1.29 is 13.2 Å². The Morgan fingerprint density at radius 3 is 2.60 bits per heavy atom. The summed E-state index contributed by atoms with van der Waals surface area (Å²) < 4.78 is 38.1. The van der Waals surface area contributed by atoms with Gasteiger partial charge in [-0.1, -0.05) is 6.58 Å². The highest BCUT2D eigenvalue weighted by Crippen LogP contribution is 2.30. The molecule has 1 aromatic heterocycles. The molecule has 6 heteroatoms. The lowest BCUT2D eigenvalue weighted by Crippen LogP contribution is -2.06. The summed E-state index contributed by atoms with van der Waals surface area (Å²) in [4.78, 5) is 0. The molecule has 0 fully saturated rings. The first-order valence-corrected chi connectivity index (χ1v) is 4.35. The molecule has 1 heterocycles. The number of nitrogens with zero attached hydrogens (tertiary/aromatic N) is 2. The third-order valence-electron chi connectivity index (χ3n) is 1.98. The SMILES string of the molecule is C=C(CCN)c1cc(C(F)(F)F)nn1C. The van der Waals surface area contributed by atoms with E-state index in [0.29, 0.717) is 24.2 Å². The molecule has 0 atom stereocenters. The molecule has 1 aromatic rings. The first kappa shape index (κ1) is 11.8. The first-order chi connectivity index (χ1) is 6.86. The van der Waals surface area contributed by atoms with Crippen LogP contribution in [-0.2, 0) is 13.2 Å². The highest BCUT2D eigenvalue weighted by atomic mass is 19.4. The van der Waals surface area contributed by atoms with Gasteiger partial charge in [-0.2, -0.15) is 18.3 Å². The molecule has 0 spiro atoms. The predicted molar refractivity (Wildman–Crippen MR) is 50.9 cm³/mol. The lowest BCUT2D eigenvalue weighted by atomic mass is 10.1. The minimum atomic E-state index is -4.42. The molecule has 0 unspecified atom stereocenters. The van der Waals surface area contributed by atoms with Crippen LogP contribution in [0.1, 0.15) is 17.8 Å². The third-order valence-corrected chi connectivity index (χ3v) is 1.98. The van der Waals surface area contributed by atoms with Gasteiger partial charge in [-0.05, 0) is 24.6 Å². The Hall–Kier alpha value is -1.30. The maximum atomic E-state index is 12.3. The lowest BCUT2D eigenvalue weighted by Gasteiger charge is -2.02. The van der Waals surface area contributed by atoms with Gasteiger partial charge in [0.25, 0.3) is 0 Å². The fourth-order valence-corrected chi connectivity index (χ4v) is 1.24. The molecular formula is C9H12F3N3. The number of hydrogen-bond acceptors (Lipinski definition) is 2. The Kier molecular flexibility index (Phi) is 3.18. The van der Waals surface area contributed by atoms with Crippen LogP contribution in [0.5, 0.6) is 0 Å². The van der Waals surface area contributed by atoms with Crippen LogP contribution in [0.3, 0.4) is 0 Å². The molecule has 15 heavy (non-hydrogen) atoms. The largest absolute Gasteiger partial charge is 0.435 e. The van der Waals surface area contributed by atoms with E-state index in [1.807, 2.05) is 0 Å². The van der Waals surface area contributed by atoms with Crippen LogP contribution < -0.4 is 5.73 Å². The average molecular weight is 219 g/mol. The molecular weight excluding hydrogens is 207 g/mol. The maximum Gasteiger partial charge on any atom is 0.435 e. The summed E-state index contributed by atoms with van der Waals surface area (Å²) in [6.45, 7) is 4.02. The zero-order chi connectivity index (χ0) is 11.6. The van der Waals surface area contributed by atoms with Crippen LogP contribution in [0, 0.1) is 0 Å². The van der Waals surface area contributed by atoms with Crippen molar-refractivity contribution in [3.63, 3.8) is 0 Å². The second kappa shape index (κ2) is 4.06. The average Bonchev–Trinajstić information content (AvgIpc) is 2.47. The van der Waals surface area contributed by atoms with Crippen molar-refractivity contribution in [2.45, 2.75) is 12.6 Å². The highest BCUT2D eigenvalue weighted by Gasteiger charge is 2.34. The summed E-state index contributed by atoms with van der Waals surface area (Å²) in [7, 11) is 1.45. The molecule has 0 saturated carbocycles. The smallest absolute Gasteiger partial charge is 0.330 e. The minimum Gasteiger partial charge on any atom is -0.330 e. The van der Waals surface area contributed by atoms with Crippen molar-refractivity contribution in [3.05, 3.63) is 24.0 Å². The fraction of sp³-hybridized carbons (Fsp3) is 0.444. The van der Waals surface area contributed by atoms with Crippen molar-refractivity contribution in [2.75, 3.05) is 6.54 Å². The molecule has 2 N–H and O–H groups in total. The van der Waals surface area contributed by atoms with Crippen LogP contribution in [0.2, 0.25) is 0 Å². The van der Waals surface area contributed by atoms with Gasteiger partial charge in [0.05, 0.1) is 5.69 Å². The van der Waals surface area contributed by atoms with Gasteiger partial charge in [-0.15, -0.1) is 0 Å². The lowest BCUT2D eigenvalue weighted by molar-refractivity contribution is -0.141.